The van der Waals surface area contributed by atoms with Gasteiger partial charge >= 0.3 is 0 Å². The Bertz CT molecular complexity index is 571. The maximum Gasteiger partial charge on any atom is 0.294 e. The lowest BCUT2D eigenvalue weighted by Gasteiger charge is -2.03. The molecule has 0 fully saturated rings. The molecule has 1 N–H and O–H groups in total. The minimum Gasteiger partial charge on any atom is -0.486 e. The van der Waals surface area contributed by atoms with Crippen molar-refractivity contribution in [1.82, 2.24) is 10.5 Å². The number of hydrogen-bond acceptors (Lipinski definition) is 5. The Kier molecular flexibility index (Phi) is 5.34. The highest BCUT2D eigenvalue weighted by molar-refractivity contribution is 7.09. The van der Waals surface area contributed by atoms with Crippen molar-refractivity contribution >= 4 is 28.8 Å². The summed E-state index contributed by atoms with van der Waals surface area (Å²) in [5, 5.41) is 3.03. The normalized spacial score (nSPS) is 10.3. The van der Waals surface area contributed by atoms with Crippen molar-refractivity contribution in [2.45, 2.75) is 13.5 Å². The Morgan fingerprint density at radius 3 is 2.85 bits per heavy atom. The van der Waals surface area contributed by atoms with E-state index in [0.29, 0.717) is 34.7 Å². The Balaban J connectivity index is 1.89. The molecule has 1 aromatic carbocycles. The van der Waals surface area contributed by atoms with E-state index in [1.165, 1.54) is 11.3 Å². The number of nitrogens with one attached hydrogen (secondary N) is 1. The Hall–Kier alpha value is -1.63. The van der Waals surface area contributed by atoms with Crippen LogP contribution in [0.4, 0.5) is 0 Å². The second-order valence-corrected chi connectivity index (χ2v) is 5.11. The van der Waals surface area contributed by atoms with Crippen LogP contribution in [0.5, 0.6) is 5.75 Å². The highest BCUT2D eigenvalue weighted by Gasteiger charge is 2.10. The van der Waals surface area contributed by atoms with E-state index < -0.39 is 0 Å². The number of thiazole rings is 1. The zero-order valence-corrected chi connectivity index (χ0v) is 12.3. The predicted octanol–water partition coefficient (Wildman–Crippen LogP) is 3.06. The summed E-state index contributed by atoms with van der Waals surface area (Å²) >= 11 is 7.14. The molecule has 7 heteroatoms. The fraction of sp³-hybridized carbons (Fsp3) is 0.231. The molecule has 106 valence electrons. The molecule has 1 amide bonds. The van der Waals surface area contributed by atoms with Gasteiger partial charge in [-0.1, -0.05) is 11.6 Å². The van der Waals surface area contributed by atoms with Crippen molar-refractivity contribution in [3.8, 4) is 5.75 Å². The molecule has 0 aliphatic rings. The summed E-state index contributed by atoms with van der Waals surface area (Å²) in [6.45, 7) is 2.49. The van der Waals surface area contributed by atoms with Crippen LogP contribution in [0.2, 0.25) is 5.02 Å². The molecule has 0 unspecified atom stereocenters. The van der Waals surface area contributed by atoms with E-state index in [-0.39, 0.29) is 5.91 Å². The lowest BCUT2D eigenvalue weighted by atomic mass is 10.3. The molecule has 20 heavy (non-hydrogen) atoms. The number of carbonyl (C=O) groups excluding carboxylic acids is 1. The number of carbonyl (C=O) groups is 1. The summed E-state index contributed by atoms with van der Waals surface area (Å²) in [5.74, 6) is 0.339. The summed E-state index contributed by atoms with van der Waals surface area (Å²) in [7, 11) is 0. The number of hydroxylamine groups is 1. The van der Waals surface area contributed by atoms with Crippen LogP contribution >= 0.6 is 22.9 Å². The van der Waals surface area contributed by atoms with Crippen molar-refractivity contribution in [2.24, 2.45) is 0 Å². The molecule has 2 rings (SSSR count). The van der Waals surface area contributed by atoms with Crippen molar-refractivity contribution in [3.63, 3.8) is 0 Å². The van der Waals surface area contributed by atoms with Gasteiger partial charge in [-0.15, -0.1) is 11.3 Å². The first-order chi connectivity index (χ1) is 9.69. The number of benzene rings is 1. The summed E-state index contributed by atoms with van der Waals surface area (Å²) in [6.07, 6.45) is 0. The van der Waals surface area contributed by atoms with Gasteiger partial charge in [-0.3, -0.25) is 9.63 Å². The van der Waals surface area contributed by atoms with E-state index in [1.54, 1.807) is 36.6 Å². The molecule has 0 aliphatic heterocycles. The molecule has 0 saturated heterocycles. The van der Waals surface area contributed by atoms with Gasteiger partial charge in [-0.2, -0.15) is 0 Å². The summed E-state index contributed by atoms with van der Waals surface area (Å²) in [4.78, 5) is 20.6. The maximum absolute atomic E-state index is 11.6. The Morgan fingerprint density at radius 1 is 1.40 bits per heavy atom. The molecule has 0 aliphatic carbocycles. The van der Waals surface area contributed by atoms with Crippen LogP contribution in [0.1, 0.15) is 22.4 Å². The van der Waals surface area contributed by atoms with E-state index in [0.717, 1.165) is 0 Å². The molecule has 0 spiro atoms. The number of halogens is 1. The molecular formula is C13H13ClN2O3S. The van der Waals surface area contributed by atoms with Crippen LogP contribution < -0.4 is 10.2 Å². The van der Waals surface area contributed by atoms with Gasteiger partial charge in [0.05, 0.1) is 6.61 Å². The largest absolute Gasteiger partial charge is 0.486 e. The highest BCUT2D eigenvalue weighted by atomic mass is 35.5. The van der Waals surface area contributed by atoms with E-state index in [4.69, 9.17) is 21.2 Å². The van der Waals surface area contributed by atoms with Gasteiger partial charge < -0.3 is 4.74 Å². The van der Waals surface area contributed by atoms with Crippen LogP contribution in [-0.4, -0.2) is 17.5 Å². The summed E-state index contributed by atoms with van der Waals surface area (Å²) in [5.41, 5.74) is 2.61. The zero-order chi connectivity index (χ0) is 14.4. The standard InChI is InChI=1S/C13H13ClN2O3S/c1-2-19-16-13(17)11-8-20-12(15-11)7-18-10-5-3-9(14)4-6-10/h3-6,8H,2,7H2,1H3,(H,16,17). The number of rotatable bonds is 6. The maximum atomic E-state index is 11.6. The number of ether oxygens (including phenoxy) is 1. The lowest BCUT2D eigenvalue weighted by molar-refractivity contribution is 0.0360. The number of nitrogens with zero attached hydrogens (tertiary/aromatic N) is 1. The van der Waals surface area contributed by atoms with Gasteiger partial charge in [0, 0.05) is 10.4 Å². The fourth-order valence-corrected chi connectivity index (χ4v) is 2.16. The van der Waals surface area contributed by atoms with Gasteiger partial charge in [0.1, 0.15) is 23.1 Å². The molecule has 5 nitrogen and oxygen atoms in total. The number of amides is 1. The second kappa shape index (κ2) is 7.23. The van der Waals surface area contributed by atoms with Gasteiger partial charge in [0.25, 0.3) is 5.91 Å². The minimum absolute atomic E-state index is 0.300. The third-order valence-electron chi connectivity index (χ3n) is 2.27. The van der Waals surface area contributed by atoms with Crippen LogP contribution in [0.25, 0.3) is 0 Å². The molecule has 1 aromatic heterocycles. The Labute approximate surface area is 125 Å². The van der Waals surface area contributed by atoms with Crippen molar-refractivity contribution in [2.75, 3.05) is 6.61 Å². The Morgan fingerprint density at radius 2 is 2.15 bits per heavy atom. The smallest absolute Gasteiger partial charge is 0.294 e. The second-order valence-electron chi connectivity index (χ2n) is 3.73. The quantitative estimate of drug-likeness (QED) is 0.833. The van der Waals surface area contributed by atoms with E-state index in [9.17, 15) is 4.79 Å². The van der Waals surface area contributed by atoms with Crippen LogP contribution in [0.3, 0.4) is 0 Å². The predicted molar refractivity (Wildman–Crippen MR) is 77.0 cm³/mol. The zero-order valence-electron chi connectivity index (χ0n) is 10.8. The minimum atomic E-state index is -0.360. The summed E-state index contributed by atoms with van der Waals surface area (Å²) < 4.78 is 5.55. The van der Waals surface area contributed by atoms with E-state index in [1.807, 2.05) is 0 Å². The first-order valence-corrected chi connectivity index (χ1v) is 7.19. The van der Waals surface area contributed by atoms with Gasteiger partial charge in [-0.25, -0.2) is 10.5 Å². The average molecular weight is 313 g/mol. The third-order valence-corrected chi connectivity index (χ3v) is 3.34. The first kappa shape index (κ1) is 14.8. The number of hydrogen-bond donors (Lipinski definition) is 1. The van der Waals surface area contributed by atoms with Gasteiger partial charge in [0.15, 0.2) is 0 Å². The molecule has 0 atom stereocenters. The average Bonchev–Trinajstić information content (AvgIpc) is 2.93. The SMILES string of the molecule is CCONC(=O)c1csc(COc2ccc(Cl)cc2)n1. The molecule has 2 aromatic rings. The van der Waals surface area contributed by atoms with Gasteiger partial charge in [0.2, 0.25) is 0 Å². The monoisotopic (exact) mass is 312 g/mol. The summed E-state index contributed by atoms with van der Waals surface area (Å²) in [6, 6.07) is 7.05. The lowest BCUT2D eigenvalue weighted by Crippen LogP contribution is -2.23. The van der Waals surface area contributed by atoms with Crippen LogP contribution in [-0.2, 0) is 11.4 Å². The number of aromatic nitrogens is 1. The fourth-order valence-electron chi connectivity index (χ4n) is 1.35. The third kappa shape index (κ3) is 4.19. The van der Waals surface area contributed by atoms with Crippen LogP contribution in [0, 0.1) is 0 Å². The van der Waals surface area contributed by atoms with E-state index >= 15 is 0 Å². The van der Waals surface area contributed by atoms with Crippen molar-refractivity contribution in [1.29, 1.82) is 0 Å². The molecule has 0 bridgehead atoms. The molecule has 0 radical (unpaired) electrons. The molecule has 0 saturated carbocycles. The first-order valence-electron chi connectivity index (χ1n) is 5.94. The topological polar surface area (TPSA) is 60.5 Å². The van der Waals surface area contributed by atoms with E-state index in [2.05, 4.69) is 10.5 Å². The van der Waals surface area contributed by atoms with Gasteiger partial charge in [-0.05, 0) is 31.2 Å². The van der Waals surface area contributed by atoms with Crippen LogP contribution in [0.15, 0.2) is 29.6 Å². The molecule has 1 heterocycles. The molecular weight excluding hydrogens is 300 g/mol. The van der Waals surface area contributed by atoms with Crippen molar-refractivity contribution < 1.29 is 14.4 Å². The van der Waals surface area contributed by atoms with Crippen molar-refractivity contribution in [3.05, 3.63) is 45.4 Å². The highest BCUT2D eigenvalue weighted by Crippen LogP contribution is 2.18.